The SMILES string of the molecule is Cc1nccn1CCCC(C(=O)OOC1CCCC1)c1ccccc1. The fourth-order valence-corrected chi connectivity index (χ4v) is 3.37. The zero-order chi connectivity index (χ0) is 17.5. The Labute approximate surface area is 148 Å². The molecule has 1 unspecified atom stereocenters. The van der Waals surface area contributed by atoms with E-state index in [0.29, 0.717) is 6.42 Å². The van der Waals surface area contributed by atoms with Gasteiger partial charge in [-0.1, -0.05) is 43.2 Å². The highest BCUT2D eigenvalue weighted by Gasteiger charge is 2.25. The van der Waals surface area contributed by atoms with Crippen molar-refractivity contribution < 1.29 is 14.6 Å². The average Bonchev–Trinajstić information content (AvgIpc) is 3.29. The summed E-state index contributed by atoms with van der Waals surface area (Å²) in [5, 5.41) is 0. The third-order valence-corrected chi connectivity index (χ3v) is 4.87. The lowest BCUT2D eigenvalue weighted by Crippen LogP contribution is -2.20. The van der Waals surface area contributed by atoms with E-state index in [1.807, 2.05) is 43.5 Å². The van der Waals surface area contributed by atoms with Gasteiger partial charge in [-0.05, 0) is 38.2 Å². The predicted molar refractivity (Wildman–Crippen MR) is 94.8 cm³/mol. The van der Waals surface area contributed by atoms with Gasteiger partial charge in [0.2, 0.25) is 0 Å². The predicted octanol–water partition coefficient (Wildman–Crippen LogP) is 4.17. The molecule has 0 spiro atoms. The molecule has 0 aliphatic heterocycles. The van der Waals surface area contributed by atoms with Crippen LogP contribution in [-0.2, 0) is 21.1 Å². The summed E-state index contributed by atoms with van der Waals surface area (Å²) < 4.78 is 2.10. The molecule has 3 rings (SSSR count). The Morgan fingerprint density at radius 2 is 2.04 bits per heavy atom. The number of aryl methyl sites for hydroxylation is 2. The van der Waals surface area contributed by atoms with Crippen LogP contribution in [0.15, 0.2) is 42.7 Å². The second-order valence-corrected chi connectivity index (χ2v) is 6.68. The van der Waals surface area contributed by atoms with Crippen LogP contribution >= 0.6 is 0 Å². The molecule has 25 heavy (non-hydrogen) atoms. The van der Waals surface area contributed by atoms with Crippen molar-refractivity contribution in [3.8, 4) is 0 Å². The maximum atomic E-state index is 12.6. The second kappa shape index (κ2) is 8.81. The minimum absolute atomic E-state index is 0.0639. The molecule has 5 heteroatoms. The van der Waals surface area contributed by atoms with Gasteiger partial charge in [0.1, 0.15) is 11.9 Å². The van der Waals surface area contributed by atoms with Gasteiger partial charge in [-0.25, -0.2) is 9.78 Å². The van der Waals surface area contributed by atoms with E-state index in [1.165, 1.54) is 0 Å². The number of aromatic nitrogens is 2. The van der Waals surface area contributed by atoms with Crippen molar-refractivity contribution in [3.05, 3.63) is 54.1 Å². The van der Waals surface area contributed by atoms with Crippen LogP contribution in [0, 0.1) is 6.92 Å². The standard InChI is InChI=1S/C20H26N2O3/c1-16-21-13-15-22(16)14-7-12-19(17-8-3-2-4-9-17)20(23)25-24-18-10-5-6-11-18/h2-4,8-9,13,15,18-19H,5-7,10-12,14H2,1H3. The van der Waals surface area contributed by atoms with E-state index in [1.54, 1.807) is 6.20 Å². The number of carbonyl (C=O) groups is 1. The monoisotopic (exact) mass is 342 g/mol. The number of nitrogens with zero attached hydrogens (tertiary/aromatic N) is 2. The van der Waals surface area contributed by atoms with Gasteiger partial charge >= 0.3 is 5.97 Å². The van der Waals surface area contributed by atoms with E-state index in [-0.39, 0.29) is 18.0 Å². The molecule has 1 aliphatic rings. The first-order chi connectivity index (χ1) is 12.2. The number of carbonyl (C=O) groups excluding carboxylic acids is 1. The van der Waals surface area contributed by atoms with Crippen LogP contribution in [0.2, 0.25) is 0 Å². The van der Waals surface area contributed by atoms with Gasteiger partial charge in [0.15, 0.2) is 0 Å². The quantitative estimate of drug-likeness (QED) is 0.533. The van der Waals surface area contributed by atoms with Crippen molar-refractivity contribution in [1.82, 2.24) is 9.55 Å². The maximum Gasteiger partial charge on any atom is 0.349 e. The van der Waals surface area contributed by atoms with Gasteiger partial charge in [-0.2, -0.15) is 4.89 Å². The van der Waals surface area contributed by atoms with Gasteiger partial charge < -0.3 is 4.57 Å². The molecule has 5 nitrogen and oxygen atoms in total. The third kappa shape index (κ3) is 4.92. The molecule has 1 saturated carbocycles. The van der Waals surface area contributed by atoms with Gasteiger partial charge in [0.25, 0.3) is 0 Å². The summed E-state index contributed by atoms with van der Waals surface area (Å²) in [5.41, 5.74) is 0.977. The van der Waals surface area contributed by atoms with Gasteiger partial charge in [0.05, 0.1) is 5.92 Å². The highest BCUT2D eigenvalue weighted by atomic mass is 17.2. The van der Waals surface area contributed by atoms with E-state index >= 15 is 0 Å². The summed E-state index contributed by atoms with van der Waals surface area (Å²) in [5.74, 6) is 0.398. The van der Waals surface area contributed by atoms with Gasteiger partial charge in [0, 0.05) is 18.9 Å². The fourth-order valence-electron chi connectivity index (χ4n) is 3.37. The number of rotatable bonds is 8. The van der Waals surface area contributed by atoms with Crippen LogP contribution in [0.3, 0.4) is 0 Å². The fraction of sp³-hybridized carbons (Fsp3) is 0.500. The molecule has 1 atom stereocenters. The van der Waals surface area contributed by atoms with Crippen molar-refractivity contribution in [2.24, 2.45) is 0 Å². The number of benzene rings is 1. The Morgan fingerprint density at radius 1 is 1.28 bits per heavy atom. The average molecular weight is 342 g/mol. The maximum absolute atomic E-state index is 12.6. The number of hydrogen-bond donors (Lipinski definition) is 0. The number of imidazole rings is 1. The highest BCUT2D eigenvalue weighted by Crippen LogP contribution is 2.26. The van der Waals surface area contributed by atoms with Crippen LogP contribution in [0.5, 0.6) is 0 Å². The van der Waals surface area contributed by atoms with Crippen molar-refractivity contribution >= 4 is 5.97 Å². The van der Waals surface area contributed by atoms with Crippen LogP contribution in [0.4, 0.5) is 0 Å². The summed E-state index contributed by atoms with van der Waals surface area (Å²) >= 11 is 0. The third-order valence-electron chi connectivity index (χ3n) is 4.87. The van der Waals surface area contributed by atoms with E-state index in [4.69, 9.17) is 9.78 Å². The second-order valence-electron chi connectivity index (χ2n) is 6.68. The lowest BCUT2D eigenvalue weighted by Gasteiger charge is -2.17. The first kappa shape index (κ1) is 17.7. The molecule has 1 aliphatic carbocycles. The molecule has 0 bridgehead atoms. The summed E-state index contributed by atoms with van der Waals surface area (Å²) in [6.45, 7) is 2.82. The summed E-state index contributed by atoms with van der Waals surface area (Å²) in [7, 11) is 0. The molecule has 1 aromatic carbocycles. The topological polar surface area (TPSA) is 53.4 Å². The molecule has 0 saturated heterocycles. The zero-order valence-electron chi connectivity index (χ0n) is 14.8. The Kier molecular flexibility index (Phi) is 6.23. The van der Waals surface area contributed by atoms with Crippen LogP contribution in [0.25, 0.3) is 0 Å². The summed E-state index contributed by atoms with van der Waals surface area (Å²) in [6.07, 6.45) is 9.66. The molecule has 134 valence electrons. The van der Waals surface area contributed by atoms with Gasteiger partial charge in [-0.3, -0.25) is 4.89 Å². The van der Waals surface area contributed by atoms with Crippen molar-refractivity contribution in [3.63, 3.8) is 0 Å². The molecule has 0 N–H and O–H groups in total. The minimum atomic E-state index is -0.300. The molecule has 2 aromatic rings. The first-order valence-electron chi connectivity index (χ1n) is 9.14. The Balaban J connectivity index is 1.58. The molecule has 1 fully saturated rings. The molecular formula is C20H26N2O3. The lowest BCUT2D eigenvalue weighted by molar-refractivity contribution is -0.297. The Morgan fingerprint density at radius 3 is 2.72 bits per heavy atom. The van der Waals surface area contributed by atoms with Crippen molar-refractivity contribution in [2.75, 3.05) is 0 Å². The van der Waals surface area contributed by atoms with E-state index < -0.39 is 0 Å². The van der Waals surface area contributed by atoms with E-state index in [2.05, 4.69) is 9.55 Å². The van der Waals surface area contributed by atoms with Crippen LogP contribution in [0.1, 0.15) is 55.8 Å². The van der Waals surface area contributed by atoms with Crippen LogP contribution in [-0.4, -0.2) is 21.6 Å². The molecule has 0 amide bonds. The minimum Gasteiger partial charge on any atom is -0.335 e. The number of hydrogen-bond acceptors (Lipinski definition) is 4. The highest BCUT2D eigenvalue weighted by molar-refractivity contribution is 5.77. The van der Waals surface area contributed by atoms with E-state index in [0.717, 1.165) is 50.0 Å². The van der Waals surface area contributed by atoms with E-state index in [9.17, 15) is 4.79 Å². The molecule has 1 aromatic heterocycles. The zero-order valence-corrected chi connectivity index (χ0v) is 14.8. The van der Waals surface area contributed by atoms with Crippen molar-refractivity contribution in [2.45, 2.75) is 64.0 Å². The lowest BCUT2D eigenvalue weighted by atomic mass is 9.94. The summed E-state index contributed by atoms with van der Waals surface area (Å²) in [6, 6.07) is 9.81. The normalized spacial score (nSPS) is 16.0. The van der Waals surface area contributed by atoms with Gasteiger partial charge in [-0.15, -0.1) is 0 Å². The Bertz CT molecular complexity index is 663. The largest absolute Gasteiger partial charge is 0.349 e. The first-order valence-corrected chi connectivity index (χ1v) is 9.14. The summed E-state index contributed by atoms with van der Waals surface area (Å²) in [4.78, 5) is 27.4. The molecule has 0 radical (unpaired) electrons. The van der Waals surface area contributed by atoms with Crippen LogP contribution < -0.4 is 0 Å². The van der Waals surface area contributed by atoms with Crippen molar-refractivity contribution in [1.29, 1.82) is 0 Å². The Hall–Kier alpha value is -2.14. The molecule has 1 heterocycles. The smallest absolute Gasteiger partial charge is 0.335 e. The molecular weight excluding hydrogens is 316 g/mol.